The van der Waals surface area contributed by atoms with Gasteiger partial charge in [-0.2, -0.15) is 13.2 Å². The maximum Gasteiger partial charge on any atom is 0.433 e. The number of halogens is 7. The van der Waals surface area contributed by atoms with Gasteiger partial charge < -0.3 is 0 Å². The lowest BCUT2D eigenvalue weighted by atomic mass is 10.1. The largest absolute Gasteiger partial charge is 0.433 e. The average molecular weight is 371 g/mol. The van der Waals surface area contributed by atoms with E-state index in [1.807, 2.05) is 0 Å². The molecule has 1 aromatic heterocycles. The van der Waals surface area contributed by atoms with E-state index in [4.69, 9.17) is 11.6 Å². The predicted octanol–water partition coefficient (Wildman–Crippen LogP) is 4.38. The topological polar surface area (TPSA) is 12.9 Å². The van der Waals surface area contributed by atoms with E-state index in [-0.39, 0.29) is 15.0 Å². The highest BCUT2D eigenvalue weighted by molar-refractivity contribution is 14.1. The van der Waals surface area contributed by atoms with Gasteiger partial charge >= 0.3 is 6.18 Å². The Morgan fingerprint density at radius 1 is 1.38 bits per heavy atom. The first-order valence-corrected chi connectivity index (χ1v) is 5.49. The number of alkyl halides is 6. The third-order valence-electron chi connectivity index (χ3n) is 1.75. The van der Waals surface area contributed by atoms with Crippen LogP contribution >= 0.6 is 34.2 Å². The Kier molecular flexibility index (Phi) is 4.33. The van der Waals surface area contributed by atoms with E-state index in [0.717, 1.165) is 6.20 Å². The first-order chi connectivity index (χ1) is 7.29. The van der Waals surface area contributed by atoms with Crippen molar-refractivity contribution in [3.05, 3.63) is 26.6 Å². The molecule has 0 bridgehead atoms. The van der Waals surface area contributed by atoms with Crippen molar-refractivity contribution in [2.24, 2.45) is 0 Å². The van der Waals surface area contributed by atoms with Gasteiger partial charge in [0.15, 0.2) is 5.69 Å². The van der Waals surface area contributed by atoms with Crippen molar-refractivity contribution in [3.8, 4) is 0 Å². The monoisotopic (exact) mass is 371 g/mol. The Morgan fingerprint density at radius 2 is 1.94 bits per heavy atom. The second kappa shape index (κ2) is 4.99. The molecule has 90 valence electrons. The maximum absolute atomic E-state index is 12.5. The van der Waals surface area contributed by atoms with Gasteiger partial charge in [-0.25, -0.2) is 8.78 Å². The summed E-state index contributed by atoms with van der Waals surface area (Å²) in [6, 6.07) is 0. The molecule has 1 nitrogen and oxygen atoms in total. The first-order valence-electron chi connectivity index (χ1n) is 3.87. The molecule has 0 saturated carbocycles. The van der Waals surface area contributed by atoms with Gasteiger partial charge in [-0.05, 0) is 28.2 Å². The van der Waals surface area contributed by atoms with E-state index in [1.165, 1.54) is 22.6 Å². The van der Waals surface area contributed by atoms with Gasteiger partial charge in [0.2, 0.25) is 0 Å². The maximum atomic E-state index is 12.5. The standard InChI is InChI=1S/C8H4ClF5IN/c9-1-3-2-16-6(8(12,13)14)4(5(3)15)7(10)11/h2,7H,1H2. The van der Waals surface area contributed by atoms with Crippen LogP contribution in [0.3, 0.4) is 0 Å². The van der Waals surface area contributed by atoms with Crippen molar-refractivity contribution in [1.82, 2.24) is 4.98 Å². The molecule has 1 aromatic rings. The fourth-order valence-electron chi connectivity index (χ4n) is 1.06. The SMILES string of the molecule is FC(F)c1c(C(F)(F)F)ncc(CCl)c1I. The molecule has 0 saturated heterocycles. The third-order valence-corrected chi connectivity index (χ3v) is 3.32. The van der Waals surface area contributed by atoms with Gasteiger partial charge in [-0.1, -0.05) is 0 Å². The Bertz CT molecular complexity index is 393. The van der Waals surface area contributed by atoms with Crippen LogP contribution < -0.4 is 0 Å². The van der Waals surface area contributed by atoms with Crippen molar-refractivity contribution < 1.29 is 22.0 Å². The van der Waals surface area contributed by atoms with Gasteiger partial charge in [-0.15, -0.1) is 11.6 Å². The number of hydrogen-bond acceptors (Lipinski definition) is 1. The van der Waals surface area contributed by atoms with Crippen LogP contribution in [0.1, 0.15) is 23.2 Å². The minimum Gasteiger partial charge on any atom is -0.251 e. The van der Waals surface area contributed by atoms with Gasteiger partial charge in [0.05, 0.1) is 5.56 Å². The average Bonchev–Trinajstić information content (AvgIpc) is 2.15. The van der Waals surface area contributed by atoms with E-state index >= 15 is 0 Å². The molecule has 0 aliphatic carbocycles. The molecule has 0 aliphatic rings. The van der Waals surface area contributed by atoms with E-state index in [9.17, 15) is 22.0 Å². The molecule has 1 rings (SSSR count). The molecule has 1 heterocycles. The molecule has 0 aliphatic heterocycles. The smallest absolute Gasteiger partial charge is 0.251 e. The minimum absolute atomic E-state index is 0.158. The van der Waals surface area contributed by atoms with Gasteiger partial charge in [0.25, 0.3) is 6.43 Å². The zero-order valence-electron chi connectivity index (χ0n) is 7.45. The van der Waals surface area contributed by atoms with Crippen LogP contribution in [0.2, 0.25) is 0 Å². The number of aromatic nitrogens is 1. The molecule has 16 heavy (non-hydrogen) atoms. The molecule has 0 fully saturated rings. The first kappa shape index (κ1) is 13.9. The summed E-state index contributed by atoms with van der Waals surface area (Å²) in [7, 11) is 0. The highest BCUT2D eigenvalue weighted by atomic mass is 127. The molecule has 0 radical (unpaired) electrons. The molecule has 0 atom stereocenters. The van der Waals surface area contributed by atoms with Crippen LogP contribution in [0.15, 0.2) is 6.20 Å². The lowest BCUT2D eigenvalue weighted by Gasteiger charge is -2.14. The summed E-state index contributed by atoms with van der Waals surface area (Å²) < 4.78 is 62.1. The quantitative estimate of drug-likeness (QED) is 0.427. The normalized spacial score (nSPS) is 12.2. The summed E-state index contributed by atoms with van der Waals surface area (Å²) in [5.41, 5.74) is -2.50. The molecule has 0 N–H and O–H groups in total. The Labute approximate surface area is 106 Å². The molecule has 8 heteroatoms. The number of rotatable bonds is 2. The second-order valence-corrected chi connectivity index (χ2v) is 4.14. The van der Waals surface area contributed by atoms with Crippen LogP contribution in [0.4, 0.5) is 22.0 Å². The van der Waals surface area contributed by atoms with Crippen molar-refractivity contribution in [2.45, 2.75) is 18.5 Å². The number of pyridine rings is 1. The number of hydrogen-bond donors (Lipinski definition) is 0. The number of nitrogens with zero attached hydrogens (tertiary/aromatic N) is 1. The van der Waals surface area contributed by atoms with Crippen molar-refractivity contribution in [1.29, 1.82) is 0 Å². The lowest BCUT2D eigenvalue weighted by molar-refractivity contribution is -0.143. The zero-order valence-corrected chi connectivity index (χ0v) is 10.4. The summed E-state index contributed by atoms with van der Waals surface area (Å²) >= 11 is 6.82. The molecular formula is C8H4ClF5IN. The molecule has 0 spiro atoms. The fourth-order valence-corrected chi connectivity index (χ4v) is 2.31. The highest BCUT2D eigenvalue weighted by Crippen LogP contribution is 2.38. The van der Waals surface area contributed by atoms with Crippen molar-refractivity contribution in [3.63, 3.8) is 0 Å². The van der Waals surface area contributed by atoms with E-state index in [2.05, 4.69) is 4.98 Å². The van der Waals surface area contributed by atoms with Crippen LogP contribution in [0.5, 0.6) is 0 Å². The summed E-state index contributed by atoms with van der Waals surface area (Å²) in [6.07, 6.45) is -7.26. The van der Waals surface area contributed by atoms with Crippen LogP contribution in [-0.4, -0.2) is 4.98 Å². The Hall–Kier alpha value is -0.180. The van der Waals surface area contributed by atoms with Crippen molar-refractivity contribution in [2.75, 3.05) is 0 Å². The summed E-state index contributed by atoms with van der Waals surface area (Å²) in [6.45, 7) is 0. The Balaban J connectivity index is 3.47. The molecule has 0 unspecified atom stereocenters. The van der Waals surface area contributed by atoms with Crippen LogP contribution in [0, 0.1) is 3.57 Å². The highest BCUT2D eigenvalue weighted by Gasteiger charge is 2.39. The van der Waals surface area contributed by atoms with Crippen molar-refractivity contribution >= 4 is 34.2 Å². The van der Waals surface area contributed by atoms with Crippen LogP contribution in [0.25, 0.3) is 0 Å². The third kappa shape index (κ3) is 2.73. The molecule has 0 aromatic carbocycles. The fraction of sp³-hybridized carbons (Fsp3) is 0.375. The Morgan fingerprint density at radius 3 is 2.31 bits per heavy atom. The van der Waals surface area contributed by atoms with Gasteiger partial charge in [0.1, 0.15) is 0 Å². The van der Waals surface area contributed by atoms with E-state index in [0.29, 0.717) is 0 Å². The molecular weight excluding hydrogens is 367 g/mol. The zero-order chi connectivity index (χ0) is 12.5. The summed E-state index contributed by atoms with van der Waals surface area (Å²) in [4.78, 5) is 3.01. The summed E-state index contributed by atoms with van der Waals surface area (Å²) in [5, 5.41) is 0. The van der Waals surface area contributed by atoms with Gasteiger partial charge in [-0.3, -0.25) is 4.98 Å². The van der Waals surface area contributed by atoms with E-state index < -0.39 is 23.9 Å². The van der Waals surface area contributed by atoms with E-state index in [1.54, 1.807) is 0 Å². The summed E-state index contributed by atoms with van der Waals surface area (Å²) in [5.74, 6) is -0.164. The molecule has 0 amide bonds. The van der Waals surface area contributed by atoms with Crippen LogP contribution in [-0.2, 0) is 12.1 Å². The van der Waals surface area contributed by atoms with Gasteiger partial charge in [0, 0.05) is 15.6 Å². The second-order valence-electron chi connectivity index (χ2n) is 2.79. The lowest BCUT2D eigenvalue weighted by Crippen LogP contribution is -2.14. The minimum atomic E-state index is -4.89. The predicted molar refractivity (Wildman–Crippen MR) is 56.5 cm³/mol.